The zero-order chi connectivity index (χ0) is 10.7. The van der Waals surface area contributed by atoms with E-state index in [9.17, 15) is 0 Å². The highest BCUT2D eigenvalue weighted by Gasteiger charge is 2.17. The Kier molecular flexibility index (Phi) is 3.41. The van der Waals surface area contributed by atoms with Crippen molar-refractivity contribution in [2.24, 2.45) is 0 Å². The van der Waals surface area contributed by atoms with Crippen LogP contribution in [0.15, 0.2) is 41.1 Å². The van der Waals surface area contributed by atoms with Gasteiger partial charge in [-0.15, -0.1) is 0 Å². The second-order valence-corrected chi connectivity index (χ2v) is 4.53. The third-order valence-corrected chi connectivity index (χ3v) is 3.63. The summed E-state index contributed by atoms with van der Waals surface area (Å²) in [6, 6.07) is 10.4. The first-order valence-electron chi connectivity index (χ1n) is 4.94. The maximum atomic E-state index is 5.34. The molecule has 0 amide bonds. The number of rotatable bonds is 3. The van der Waals surface area contributed by atoms with Crippen molar-refractivity contribution in [3.05, 3.63) is 53.7 Å². The monoisotopic (exact) mass is 313 g/mol. The molecule has 0 aliphatic carbocycles. The predicted molar refractivity (Wildman–Crippen MR) is 68.2 cm³/mol. The molecule has 15 heavy (non-hydrogen) atoms. The first kappa shape index (κ1) is 10.7. The van der Waals surface area contributed by atoms with E-state index in [4.69, 9.17) is 4.42 Å². The van der Waals surface area contributed by atoms with Crippen LogP contribution in [0.2, 0.25) is 0 Å². The van der Waals surface area contributed by atoms with Crippen molar-refractivity contribution in [3.8, 4) is 0 Å². The summed E-state index contributed by atoms with van der Waals surface area (Å²) in [5.74, 6) is 0.984. The average molecular weight is 313 g/mol. The largest absolute Gasteiger partial charge is 0.448 e. The Labute approximate surface area is 103 Å². The number of benzene rings is 1. The van der Waals surface area contributed by atoms with Crippen LogP contribution in [-0.4, -0.2) is 4.98 Å². The summed E-state index contributed by atoms with van der Waals surface area (Å²) in [6.07, 6.45) is 2.42. The normalized spacial score (nSPS) is 12.7. The number of aromatic nitrogens is 1. The van der Waals surface area contributed by atoms with Gasteiger partial charge in [-0.1, -0.05) is 59.8 Å². The van der Waals surface area contributed by atoms with Crippen LogP contribution in [0, 0.1) is 0 Å². The lowest BCUT2D eigenvalue weighted by Gasteiger charge is -2.07. The smallest absolute Gasteiger partial charge is 0.181 e. The molecule has 2 aromatic rings. The van der Waals surface area contributed by atoms with Gasteiger partial charge in [-0.2, -0.15) is 0 Å². The van der Waals surface area contributed by atoms with Gasteiger partial charge in [-0.3, -0.25) is 0 Å². The standard InChI is InChI=1S/C12H12INO/c1-2-10-12(14-8-15-10)11(13)9-6-4-3-5-7-9/h3-8,11H,2H2,1H3. The molecule has 0 aliphatic rings. The summed E-state index contributed by atoms with van der Waals surface area (Å²) >= 11 is 2.40. The number of halogens is 1. The van der Waals surface area contributed by atoms with Crippen molar-refractivity contribution in [3.63, 3.8) is 0 Å². The zero-order valence-electron chi connectivity index (χ0n) is 8.48. The fourth-order valence-electron chi connectivity index (χ4n) is 1.53. The minimum Gasteiger partial charge on any atom is -0.448 e. The van der Waals surface area contributed by atoms with Crippen LogP contribution in [0.1, 0.15) is 27.9 Å². The van der Waals surface area contributed by atoms with Gasteiger partial charge in [0, 0.05) is 6.42 Å². The Morgan fingerprint density at radius 2 is 2.07 bits per heavy atom. The van der Waals surface area contributed by atoms with E-state index in [1.54, 1.807) is 0 Å². The number of aryl methyl sites for hydroxylation is 1. The van der Waals surface area contributed by atoms with E-state index in [1.807, 2.05) is 18.2 Å². The van der Waals surface area contributed by atoms with E-state index < -0.39 is 0 Å². The van der Waals surface area contributed by atoms with Gasteiger partial charge in [0.1, 0.15) is 5.76 Å². The molecular formula is C12H12INO. The second kappa shape index (κ2) is 4.79. The van der Waals surface area contributed by atoms with Crippen molar-refractivity contribution < 1.29 is 4.42 Å². The summed E-state index contributed by atoms with van der Waals surface area (Å²) in [6.45, 7) is 2.08. The lowest BCUT2D eigenvalue weighted by Crippen LogP contribution is -1.96. The minimum atomic E-state index is 0.275. The van der Waals surface area contributed by atoms with E-state index in [-0.39, 0.29) is 3.92 Å². The Morgan fingerprint density at radius 1 is 1.33 bits per heavy atom. The zero-order valence-corrected chi connectivity index (χ0v) is 10.6. The Morgan fingerprint density at radius 3 is 2.73 bits per heavy atom. The maximum Gasteiger partial charge on any atom is 0.181 e. The van der Waals surface area contributed by atoms with Crippen LogP contribution in [0.4, 0.5) is 0 Å². The molecule has 0 N–H and O–H groups in total. The molecule has 0 spiro atoms. The van der Waals surface area contributed by atoms with Crippen molar-refractivity contribution in [1.29, 1.82) is 0 Å². The molecule has 1 aromatic heterocycles. The molecule has 78 valence electrons. The van der Waals surface area contributed by atoms with Crippen molar-refractivity contribution in [2.75, 3.05) is 0 Å². The number of hydrogen-bond donors (Lipinski definition) is 0. The molecule has 2 nitrogen and oxygen atoms in total. The highest BCUT2D eigenvalue weighted by molar-refractivity contribution is 14.1. The topological polar surface area (TPSA) is 26.0 Å². The summed E-state index contributed by atoms with van der Waals surface area (Å²) in [5.41, 5.74) is 2.31. The summed E-state index contributed by atoms with van der Waals surface area (Å²) in [7, 11) is 0. The van der Waals surface area contributed by atoms with Crippen LogP contribution in [0.3, 0.4) is 0 Å². The van der Waals surface area contributed by atoms with E-state index in [0.717, 1.165) is 17.9 Å². The molecule has 0 saturated carbocycles. The molecule has 0 fully saturated rings. The molecule has 0 bridgehead atoms. The van der Waals surface area contributed by atoms with E-state index >= 15 is 0 Å². The molecule has 1 aromatic carbocycles. The van der Waals surface area contributed by atoms with Crippen molar-refractivity contribution in [1.82, 2.24) is 4.98 Å². The Bertz CT molecular complexity index is 424. The molecule has 2 rings (SSSR count). The van der Waals surface area contributed by atoms with Crippen molar-refractivity contribution >= 4 is 22.6 Å². The number of nitrogens with zero attached hydrogens (tertiary/aromatic N) is 1. The number of oxazole rings is 1. The average Bonchev–Trinajstić information content (AvgIpc) is 2.77. The van der Waals surface area contributed by atoms with Crippen LogP contribution in [-0.2, 0) is 6.42 Å². The highest BCUT2D eigenvalue weighted by Crippen LogP contribution is 2.32. The molecule has 1 heterocycles. The first-order valence-corrected chi connectivity index (χ1v) is 6.18. The second-order valence-electron chi connectivity index (χ2n) is 3.29. The summed E-state index contributed by atoms with van der Waals surface area (Å²) < 4.78 is 5.62. The molecule has 1 atom stereocenters. The first-order chi connectivity index (χ1) is 7.33. The summed E-state index contributed by atoms with van der Waals surface area (Å²) in [5, 5.41) is 0. The predicted octanol–water partition coefficient (Wildman–Crippen LogP) is 3.76. The lowest BCUT2D eigenvalue weighted by atomic mass is 10.1. The van der Waals surface area contributed by atoms with Gasteiger partial charge in [0.15, 0.2) is 6.39 Å². The van der Waals surface area contributed by atoms with Crippen molar-refractivity contribution in [2.45, 2.75) is 17.3 Å². The van der Waals surface area contributed by atoms with Gasteiger partial charge in [0.25, 0.3) is 0 Å². The SMILES string of the molecule is CCc1ocnc1C(I)c1ccccc1. The van der Waals surface area contributed by atoms with Crippen LogP contribution in [0.5, 0.6) is 0 Å². The lowest BCUT2D eigenvalue weighted by molar-refractivity contribution is 0.507. The van der Waals surface area contributed by atoms with Crippen LogP contribution >= 0.6 is 22.6 Å². The Balaban J connectivity index is 2.32. The fraction of sp³-hybridized carbons (Fsp3) is 0.250. The van der Waals surface area contributed by atoms with Crippen LogP contribution < -0.4 is 0 Å². The van der Waals surface area contributed by atoms with Gasteiger partial charge in [0.2, 0.25) is 0 Å². The third kappa shape index (κ3) is 2.22. The van der Waals surface area contributed by atoms with Gasteiger partial charge < -0.3 is 4.42 Å². The molecular weight excluding hydrogens is 301 g/mol. The van der Waals surface area contributed by atoms with Gasteiger partial charge >= 0.3 is 0 Å². The molecule has 3 heteroatoms. The summed E-state index contributed by atoms with van der Waals surface area (Å²) in [4.78, 5) is 4.29. The van der Waals surface area contributed by atoms with E-state index in [1.165, 1.54) is 12.0 Å². The number of alkyl halides is 1. The van der Waals surface area contributed by atoms with Gasteiger partial charge in [-0.05, 0) is 5.56 Å². The quantitative estimate of drug-likeness (QED) is 0.637. The third-order valence-electron chi connectivity index (χ3n) is 2.33. The maximum absolute atomic E-state index is 5.34. The Hall–Kier alpha value is -0.840. The fourth-order valence-corrected chi connectivity index (χ4v) is 2.45. The molecule has 1 unspecified atom stereocenters. The number of hydrogen-bond acceptors (Lipinski definition) is 2. The van der Waals surface area contributed by atoms with Gasteiger partial charge in [0.05, 0.1) is 9.62 Å². The molecule has 0 aliphatic heterocycles. The van der Waals surface area contributed by atoms with E-state index in [0.29, 0.717) is 0 Å². The van der Waals surface area contributed by atoms with Crippen LogP contribution in [0.25, 0.3) is 0 Å². The van der Waals surface area contributed by atoms with Gasteiger partial charge in [-0.25, -0.2) is 4.98 Å². The van der Waals surface area contributed by atoms with E-state index in [2.05, 4.69) is 46.6 Å². The molecule has 0 radical (unpaired) electrons. The molecule has 0 saturated heterocycles. The highest BCUT2D eigenvalue weighted by atomic mass is 127. The minimum absolute atomic E-state index is 0.275.